The molecule has 3 aromatic rings. The zero-order valence-electron chi connectivity index (χ0n) is 20.1. The second-order valence-electron chi connectivity index (χ2n) is 9.25. The van der Waals surface area contributed by atoms with Crippen molar-refractivity contribution in [2.45, 2.75) is 32.8 Å². The summed E-state index contributed by atoms with van der Waals surface area (Å²) in [5.74, 6) is 1.23. The molecule has 0 aliphatic carbocycles. The van der Waals surface area contributed by atoms with Crippen molar-refractivity contribution >= 4 is 40.5 Å². The fourth-order valence-corrected chi connectivity index (χ4v) is 3.99. The number of aromatic nitrogens is 3. The van der Waals surface area contributed by atoms with Gasteiger partial charge in [0, 0.05) is 38.1 Å². The highest BCUT2D eigenvalue weighted by atomic mass is 19.1. The van der Waals surface area contributed by atoms with Crippen molar-refractivity contribution in [1.82, 2.24) is 19.4 Å². The molecular formula is C24H29FN6O3. The smallest absolute Gasteiger partial charge is 0.416 e. The Bertz CT molecular complexity index is 1250. The average molecular weight is 469 g/mol. The van der Waals surface area contributed by atoms with Crippen LogP contribution < -0.4 is 10.2 Å². The Balaban J connectivity index is 1.63. The van der Waals surface area contributed by atoms with Crippen LogP contribution in [0.3, 0.4) is 0 Å². The lowest BCUT2D eigenvalue weighted by molar-refractivity contribution is 0.0576. The summed E-state index contributed by atoms with van der Waals surface area (Å²) in [6.45, 7) is 5.01. The van der Waals surface area contributed by atoms with E-state index in [1.54, 1.807) is 57.0 Å². The first-order valence-electron chi connectivity index (χ1n) is 11.1. The number of amides is 2. The number of nitrogens with one attached hydrogen (secondary N) is 1. The fraction of sp³-hybridized carbons (Fsp3) is 0.417. The van der Waals surface area contributed by atoms with E-state index in [1.165, 1.54) is 4.90 Å². The maximum Gasteiger partial charge on any atom is 0.416 e. The summed E-state index contributed by atoms with van der Waals surface area (Å²) < 4.78 is 20.5. The molecule has 0 aromatic carbocycles. The molecule has 4 heterocycles. The van der Waals surface area contributed by atoms with Crippen molar-refractivity contribution in [1.29, 1.82) is 0 Å². The van der Waals surface area contributed by atoms with Crippen molar-refractivity contribution in [3.63, 3.8) is 0 Å². The van der Waals surface area contributed by atoms with Gasteiger partial charge in [0.2, 0.25) is 0 Å². The lowest BCUT2D eigenvalue weighted by atomic mass is 10.1. The molecule has 0 bridgehead atoms. The molecule has 4 rings (SSSR count). The number of carbonyl (C=O) groups excluding carboxylic acids is 2. The molecule has 0 spiro atoms. The number of anilines is 3. The van der Waals surface area contributed by atoms with Crippen molar-refractivity contribution in [3.05, 3.63) is 41.6 Å². The Hall–Kier alpha value is -3.69. The van der Waals surface area contributed by atoms with Gasteiger partial charge in [0.25, 0.3) is 5.91 Å². The predicted molar refractivity (Wildman–Crippen MR) is 128 cm³/mol. The molecule has 0 fully saturated rings. The first kappa shape index (κ1) is 23.5. The molecule has 2 amide bonds. The summed E-state index contributed by atoms with van der Waals surface area (Å²) in [7, 11) is 3.71. The topological polar surface area (TPSA) is 92.6 Å². The molecule has 0 radical (unpaired) electrons. The number of halogens is 1. The fourth-order valence-electron chi connectivity index (χ4n) is 3.99. The monoisotopic (exact) mass is 468 g/mol. The second-order valence-corrected chi connectivity index (χ2v) is 9.25. The van der Waals surface area contributed by atoms with Gasteiger partial charge in [0.05, 0.1) is 12.1 Å². The number of alkyl halides is 1. The largest absolute Gasteiger partial charge is 0.443 e. The molecule has 0 unspecified atom stereocenters. The van der Waals surface area contributed by atoms with Crippen LogP contribution in [-0.4, -0.2) is 63.8 Å². The van der Waals surface area contributed by atoms with E-state index in [1.807, 2.05) is 17.7 Å². The molecular weight excluding hydrogens is 439 g/mol. The van der Waals surface area contributed by atoms with Gasteiger partial charge in [-0.25, -0.2) is 19.2 Å². The van der Waals surface area contributed by atoms with Crippen molar-refractivity contribution in [2.75, 3.05) is 37.0 Å². The zero-order valence-corrected chi connectivity index (χ0v) is 20.1. The SMILES string of the molecule is CN1CCc2c(c3ccc(Nc4cccc(N(CCF)C(=O)OC(C)(C)C)n4)nc3n2C)C1=O. The summed E-state index contributed by atoms with van der Waals surface area (Å²) in [5.41, 5.74) is 1.65. The molecule has 9 nitrogen and oxygen atoms in total. The molecule has 3 aromatic heterocycles. The second kappa shape index (κ2) is 8.92. The normalized spacial score (nSPS) is 13.7. The van der Waals surface area contributed by atoms with Gasteiger partial charge in [-0.05, 0) is 45.0 Å². The molecule has 1 N–H and O–H groups in total. The number of nitrogens with zero attached hydrogens (tertiary/aromatic N) is 5. The lowest BCUT2D eigenvalue weighted by Gasteiger charge is -2.26. The molecule has 0 atom stereocenters. The van der Waals surface area contributed by atoms with Crippen LogP contribution in [0, 0.1) is 0 Å². The lowest BCUT2D eigenvalue weighted by Crippen LogP contribution is -2.38. The van der Waals surface area contributed by atoms with Crippen LogP contribution in [0.25, 0.3) is 11.0 Å². The maximum absolute atomic E-state index is 13.2. The third-order valence-electron chi connectivity index (χ3n) is 5.59. The van der Waals surface area contributed by atoms with Gasteiger partial charge >= 0.3 is 6.09 Å². The Morgan fingerprint density at radius 1 is 1.18 bits per heavy atom. The predicted octanol–water partition coefficient (Wildman–Crippen LogP) is 4.05. The van der Waals surface area contributed by atoms with Gasteiger partial charge in [0.15, 0.2) is 0 Å². The number of aryl methyl sites for hydroxylation is 1. The first-order valence-corrected chi connectivity index (χ1v) is 11.1. The highest BCUT2D eigenvalue weighted by molar-refractivity contribution is 6.08. The van der Waals surface area contributed by atoms with Gasteiger partial charge in [-0.1, -0.05) is 6.07 Å². The van der Waals surface area contributed by atoms with Gasteiger partial charge in [-0.3, -0.25) is 9.69 Å². The minimum absolute atomic E-state index is 0.00109. The van der Waals surface area contributed by atoms with Gasteiger partial charge in [-0.2, -0.15) is 0 Å². The Morgan fingerprint density at radius 2 is 1.91 bits per heavy atom. The van der Waals surface area contributed by atoms with E-state index < -0.39 is 18.4 Å². The number of pyridine rings is 2. The molecule has 1 aliphatic heterocycles. The molecule has 34 heavy (non-hydrogen) atoms. The van der Waals surface area contributed by atoms with E-state index in [0.29, 0.717) is 29.4 Å². The molecule has 1 aliphatic rings. The number of ether oxygens (including phenoxy) is 1. The van der Waals surface area contributed by atoms with Crippen LogP contribution in [0.2, 0.25) is 0 Å². The Labute approximate surface area is 197 Å². The summed E-state index contributed by atoms with van der Waals surface area (Å²) in [5, 5.41) is 3.95. The summed E-state index contributed by atoms with van der Waals surface area (Å²) in [6, 6.07) is 8.72. The van der Waals surface area contributed by atoms with Crippen molar-refractivity contribution < 1.29 is 18.7 Å². The molecule has 180 valence electrons. The van der Waals surface area contributed by atoms with E-state index in [-0.39, 0.29) is 18.3 Å². The number of rotatable bonds is 5. The van der Waals surface area contributed by atoms with Crippen LogP contribution in [0.4, 0.5) is 26.6 Å². The highest BCUT2D eigenvalue weighted by Gasteiger charge is 2.29. The van der Waals surface area contributed by atoms with Crippen LogP contribution in [0.15, 0.2) is 30.3 Å². The van der Waals surface area contributed by atoms with Crippen LogP contribution >= 0.6 is 0 Å². The van der Waals surface area contributed by atoms with Crippen LogP contribution in [-0.2, 0) is 18.2 Å². The van der Waals surface area contributed by atoms with Crippen LogP contribution in [0.1, 0.15) is 36.8 Å². The van der Waals surface area contributed by atoms with E-state index in [2.05, 4.69) is 10.3 Å². The third kappa shape index (κ3) is 4.52. The zero-order chi connectivity index (χ0) is 24.6. The minimum Gasteiger partial charge on any atom is -0.443 e. The number of carbonyl (C=O) groups is 2. The van der Waals surface area contributed by atoms with Crippen LogP contribution in [0.5, 0.6) is 0 Å². The number of hydrogen-bond donors (Lipinski definition) is 1. The number of fused-ring (bicyclic) bond motifs is 3. The molecule has 10 heteroatoms. The summed E-state index contributed by atoms with van der Waals surface area (Å²) >= 11 is 0. The Kier molecular flexibility index (Phi) is 6.16. The number of hydrogen-bond acceptors (Lipinski definition) is 6. The first-order chi connectivity index (χ1) is 16.1. The summed E-state index contributed by atoms with van der Waals surface area (Å²) in [4.78, 5) is 37.3. The standard InChI is InChI=1S/C24H29FN6O3/c1-24(2,3)34-23(33)31(14-12-25)19-8-6-7-17(27-19)26-18-10-9-15-20-16(30(5)21(15)28-18)11-13-29(4)22(20)32/h6-10H,11-14H2,1-5H3,(H,26,27,28). The van der Waals surface area contributed by atoms with E-state index in [0.717, 1.165) is 17.5 Å². The number of likely N-dealkylation sites (N-methyl/N-ethyl adjacent to an activating group) is 1. The third-order valence-corrected chi connectivity index (χ3v) is 5.59. The minimum atomic E-state index is -0.733. The van der Waals surface area contributed by atoms with E-state index >= 15 is 0 Å². The van der Waals surface area contributed by atoms with Gasteiger partial charge in [-0.15, -0.1) is 0 Å². The Morgan fingerprint density at radius 3 is 2.62 bits per heavy atom. The highest BCUT2D eigenvalue weighted by Crippen LogP contribution is 2.30. The van der Waals surface area contributed by atoms with Crippen molar-refractivity contribution in [3.8, 4) is 0 Å². The van der Waals surface area contributed by atoms with Gasteiger partial charge < -0.3 is 19.5 Å². The maximum atomic E-state index is 13.2. The van der Waals surface area contributed by atoms with E-state index in [4.69, 9.17) is 9.72 Å². The van der Waals surface area contributed by atoms with E-state index in [9.17, 15) is 14.0 Å². The quantitative estimate of drug-likeness (QED) is 0.607. The van der Waals surface area contributed by atoms with Gasteiger partial charge in [0.1, 0.15) is 35.4 Å². The molecule has 0 saturated heterocycles. The molecule has 0 saturated carbocycles. The summed E-state index contributed by atoms with van der Waals surface area (Å²) in [6.07, 6.45) is 0.102. The van der Waals surface area contributed by atoms with Crippen molar-refractivity contribution in [2.24, 2.45) is 7.05 Å². The average Bonchev–Trinajstić information content (AvgIpc) is 3.05.